The second-order valence-corrected chi connectivity index (χ2v) is 3.14. The Kier molecular flexibility index (Phi) is 5.34. The van der Waals surface area contributed by atoms with Crippen LogP contribution in [0.1, 0.15) is 33.6 Å². The second kappa shape index (κ2) is 5.75. The molecule has 70 valence electrons. The highest BCUT2D eigenvalue weighted by Crippen LogP contribution is 2.07. The predicted molar refractivity (Wildman–Crippen MR) is 45.7 cm³/mol. The first-order valence-corrected chi connectivity index (χ1v) is 4.15. The Hall–Kier alpha value is -0.860. The van der Waals surface area contributed by atoms with E-state index in [0.717, 1.165) is 6.42 Å². The van der Waals surface area contributed by atoms with Gasteiger partial charge in [-0.05, 0) is 19.3 Å². The van der Waals surface area contributed by atoms with E-state index in [1.165, 1.54) is 6.92 Å². The first kappa shape index (κ1) is 11.1. The van der Waals surface area contributed by atoms with Crippen molar-refractivity contribution >= 4 is 11.8 Å². The van der Waals surface area contributed by atoms with Gasteiger partial charge in [0.25, 0.3) is 0 Å². The van der Waals surface area contributed by atoms with Crippen LogP contribution in [-0.4, -0.2) is 18.4 Å². The highest BCUT2D eigenvalue weighted by Gasteiger charge is 2.05. The van der Waals surface area contributed by atoms with Gasteiger partial charge in [-0.2, -0.15) is 0 Å². The minimum Gasteiger partial charge on any atom is -0.466 e. The lowest BCUT2D eigenvalue weighted by atomic mass is 10.0. The van der Waals surface area contributed by atoms with Crippen molar-refractivity contribution in [1.82, 2.24) is 0 Å². The Morgan fingerprint density at radius 3 is 2.33 bits per heavy atom. The molecule has 0 aliphatic rings. The summed E-state index contributed by atoms with van der Waals surface area (Å²) in [6.07, 6.45) is 1.33. The summed E-state index contributed by atoms with van der Waals surface area (Å²) in [7, 11) is 0. The molecule has 0 rings (SSSR count). The zero-order valence-electron chi connectivity index (χ0n) is 7.92. The molecule has 0 N–H and O–H groups in total. The van der Waals surface area contributed by atoms with Crippen molar-refractivity contribution in [3.63, 3.8) is 0 Å². The van der Waals surface area contributed by atoms with Crippen LogP contribution in [0.15, 0.2) is 0 Å². The Morgan fingerprint density at radius 2 is 1.92 bits per heavy atom. The molecule has 0 radical (unpaired) electrons. The fourth-order valence-electron chi connectivity index (χ4n) is 0.997. The van der Waals surface area contributed by atoms with Gasteiger partial charge in [-0.15, -0.1) is 0 Å². The number of hydrogen-bond acceptors (Lipinski definition) is 3. The van der Waals surface area contributed by atoms with Gasteiger partial charge < -0.3 is 9.53 Å². The van der Waals surface area contributed by atoms with E-state index in [9.17, 15) is 9.59 Å². The SMILES string of the molecule is CC(=O)C[C@H](C)CCOC(C)=O. The molecule has 0 aliphatic carbocycles. The van der Waals surface area contributed by atoms with E-state index < -0.39 is 0 Å². The van der Waals surface area contributed by atoms with Crippen LogP contribution in [0, 0.1) is 5.92 Å². The predicted octanol–water partition coefficient (Wildman–Crippen LogP) is 1.55. The van der Waals surface area contributed by atoms with Crippen LogP contribution in [0.25, 0.3) is 0 Å². The van der Waals surface area contributed by atoms with Gasteiger partial charge in [-0.25, -0.2) is 0 Å². The van der Waals surface area contributed by atoms with Crippen molar-refractivity contribution in [1.29, 1.82) is 0 Å². The molecule has 3 nitrogen and oxygen atoms in total. The number of hydrogen-bond donors (Lipinski definition) is 0. The number of carbonyl (C=O) groups excluding carboxylic acids is 2. The number of ether oxygens (including phenoxy) is 1. The molecule has 0 aromatic heterocycles. The molecule has 0 amide bonds. The quantitative estimate of drug-likeness (QED) is 0.591. The minimum absolute atomic E-state index is 0.185. The number of Topliss-reactive ketones (excluding diaryl/α,β-unsaturated/α-hetero) is 1. The first-order valence-electron chi connectivity index (χ1n) is 4.15. The molecule has 3 heteroatoms. The normalized spacial score (nSPS) is 12.2. The summed E-state index contributed by atoms with van der Waals surface area (Å²) >= 11 is 0. The maximum Gasteiger partial charge on any atom is 0.302 e. The lowest BCUT2D eigenvalue weighted by Crippen LogP contribution is -2.07. The van der Waals surface area contributed by atoms with E-state index in [1.54, 1.807) is 6.92 Å². The maximum absolute atomic E-state index is 10.6. The van der Waals surface area contributed by atoms with Crippen molar-refractivity contribution in [2.24, 2.45) is 5.92 Å². The zero-order chi connectivity index (χ0) is 9.56. The van der Waals surface area contributed by atoms with E-state index >= 15 is 0 Å². The highest BCUT2D eigenvalue weighted by atomic mass is 16.5. The van der Waals surface area contributed by atoms with Gasteiger partial charge in [0.15, 0.2) is 0 Å². The third-order valence-electron chi connectivity index (χ3n) is 1.55. The van der Waals surface area contributed by atoms with Crippen LogP contribution < -0.4 is 0 Å². The molecule has 12 heavy (non-hydrogen) atoms. The van der Waals surface area contributed by atoms with Crippen LogP contribution in [0.2, 0.25) is 0 Å². The standard InChI is InChI=1S/C9H16O3/c1-7(6-8(2)10)4-5-12-9(3)11/h7H,4-6H2,1-3H3/t7-/m1/s1. The molecule has 0 aromatic rings. The summed E-state index contributed by atoms with van der Waals surface area (Å²) in [5.74, 6) is 0.234. The highest BCUT2D eigenvalue weighted by molar-refractivity contribution is 5.75. The molecule has 0 aliphatic heterocycles. The third-order valence-corrected chi connectivity index (χ3v) is 1.55. The van der Waals surface area contributed by atoms with Crippen LogP contribution in [0.3, 0.4) is 0 Å². The van der Waals surface area contributed by atoms with E-state index in [-0.39, 0.29) is 11.8 Å². The van der Waals surface area contributed by atoms with E-state index in [4.69, 9.17) is 4.74 Å². The van der Waals surface area contributed by atoms with Gasteiger partial charge in [0.2, 0.25) is 0 Å². The summed E-state index contributed by atoms with van der Waals surface area (Å²) in [5.41, 5.74) is 0. The van der Waals surface area contributed by atoms with Crippen LogP contribution >= 0.6 is 0 Å². The Labute approximate surface area is 73.1 Å². The Bertz CT molecular complexity index is 163. The summed E-state index contributed by atoms with van der Waals surface area (Å²) in [5, 5.41) is 0. The van der Waals surface area contributed by atoms with Crippen molar-refractivity contribution in [2.75, 3.05) is 6.61 Å². The fraction of sp³-hybridized carbons (Fsp3) is 0.778. The largest absolute Gasteiger partial charge is 0.466 e. The zero-order valence-corrected chi connectivity index (χ0v) is 7.92. The van der Waals surface area contributed by atoms with E-state index in [2.05, 4.69) is 0 Å². The summed E-state index contributed by atoms with van der Waals surface area (Å²) < 4.78 is 4.74. The first-order chi connectivity index (χ1) is 5.52. The smallest absolute Gasteiger partial charge is 0.302 e. The third kappa shape index (κ3) is 7.25. The molecule has 0 saturated carbocycles. The summed E-state index contributed by atoms with van der Waals surface area (Å²) in [4.78, 5) is 21.0. The minimum atomic E-state index is -0.259. The molecule has 0 fully saturated rings. The van der Waals surface area contributed by atoms with Crippen LogP contribution in [-0.2, 0) is 14.3 Å². The number of ketones is 1. The van der Waals surface area contributed by atoms with Crippen molar-refractivity contribution in [3.8, 4) is 0 Å². The van der Waals surface area contributed by atoms with Gasteiger partial charge in [0.05, 0.1) is 6.61 Å². The molecule has 1 atom stereocenters. The molecule has 0 aromatic carbocycles. The molecule has 0 saturated heterocycles. The number of carbonyl (C=O) groups is 2. The average molecular weight is 172 g/mol. The van der Waals surface area contributed by atoms with Crippen molar-refractivity contribution in [3.05, 3.63) is 0 Å². The summed E-state index contributed by atoms with van der Waals surface area (Å²) in [6, 6.07) is 0. The van der Waals surface area contributed by atoms with Crippen LogP contribution in [0.5, 0.6) is 0 Å². The van der Waals surface area contributed by atoms with Gasteiger partial charge in [-0.3, -0.25) is 4.79 Å². The fourth-order valence-corrected chi connectivity index (χ4v) is 0.997. The molecular weight excluding hydrogens is 156 g/mol. The Morgan fingerprint density at radius 1 is 1.33 bits per heavy atom. The monoisotopic (exact) mass is 172 g/mol. The molecule has 0 bridgehead atoms. The van der Waals surface area contributed by atoms with Crippen molar-refractivity contribution < 1.29 is 14.3 Å². The second-order valence-electron chi connectivity index (χ2n) is 3.14. The molecule has 0 unspecified atom stereocenters. The summed E-state index contributed by atoms with van der Waals surface area (Å²) in [6.45, 7) is 5.35. The van der Waals surface area contributed by atoms with Gasteiger partial charge in [-0.1, -0.05) is 6.92 Å². The molecule has 0 spiro atoms. The van der Waals surface area contributed by atoms with E-state index in [1.807, 2.05) is 6.92 Å². The Balaban J connectivity index is 3.37. The molecular formula is C9H16O3. The van der Waals surface area contributed by atoms with Crippen molar-refractivity contribution in [2.45, 2.75) is 33.6 Å². The molecule has 0 heterocycles. The topological polar surface area (TPSA) is 43.4 Å². The number of esters is 1. The van der Waals surface area contributed by atoms with Gasteiger partial charge in [0.1, 0.15) is 5.78 Å². The lowest BCUT2D eigenvalue weighted by molar-refractivity contribution is -0.141. The van der Waals surface area contributed by atoms with Gasteiger partial charge >= 0.3 is 5.97 Å². The average Bonchev–Trinajstić information content (AvgIpc) is 1.84. The van der Waals surface area contributed by atoms with Crippen LogP contribution in [0.4, 0.5) is 0 Å². The van der Waals surface area contributed by atoms with E-state index in [0.29, 0.717) is 18.9 Å². The van der Waals surface area contributed by atoms with Gasteiger partial charge in [0, 0.05) is 13.3 Å². The maximum atomic E-state index is 10.6. The number of rotatable bonds is 5. The lowest BCUT2D eigenvalue weighted by Gasteiger charge is -2.08.